The third-order valence-corrected chi connectivity index (χ3v) is 9.93. The minimum absolute atomic E-state index is 0.0426. The van der Waals surface area contributed by atoms with Gasteiger partial charge in [-0.15, -0.1) is 0 Å². The molecule has 0 fully saturated rings. The SMILES string of the molecule is CC[C@@H](C)NC(=O)[C@@H](Cc1ccccc1)N(Cc1ccc(Cl)cc1Cl)C(=O)CN(c1ccc(C)cc1)S(=O)(=O)c1ccccc1. The summed E-state index contributed by atoms with van der Waals surface area (Å²) in [5, 5.41) is 3.78. The second kappa shape index (κ2) is 15.4. The highest BCUT2D eigenvalue weighted by Crippen LogP contribution is 2.27. The minimum atomic E-state index is -4.17. The van der Waals surface area contributed by atoms with Crippen molar-refractivity contribution in [1.82, 2.24) is 10.2 Å². The molecule has 0 saturated carbocycles. The number of aryl methyl sites for hydroxylation is 1. The molecule has 10 heteroatoms. The standard InChI is InChI=1S/C35H37Cl2N3O4S/c1-4-26(3)38-35(42)33(21-27-11-7-5-8-12-27)39(23-28-17-18-29(36)22-32(28)37)34(41)24-40(30-19-15-25(2)16-20-30)45(43,44)31-13-9-6-10-14-31/h5-20,22,26,33H,4,21,23-24H2,1-3H3,(H,38,42)/t26-,33-/m1/s1. The number of benzene rings is 4. The summed E-state index contributed by atoms with van der Waals surface area (Å²) >= 11 is 12.7. The van der Waals surface area contributed by atoms with E-state index in [2.05, 4.69) is 5.32 Å². The Morgan fingerprint density at radius 2 is 1.49 bits per heavy atom. The highest BCUT2D eigenvalue weighted by molar-refractivity contribution is 7.92. The van der Waals surface area contributed by atoms with Crippen molar-refractivity contribution in [3.05, 3.63) is 130 Å². The van der Waals surface area contributed by atoms with Crippen LogP contribution in [0.25, 0.3) is 0 Å². The van der Waals surface area contributed by atoms with Crippen molar-refractivity contribution >= 4 is 50.7 Å². The van der Waals surface area contributed by atoms with Crippen molar-refractivity contribution in [2.45, 2.75) is 57.1 Å². The van der Waals surface area contributed by atoms with Gasteiger partial charge in [-0.25, -0.2) is 8.42 Å². The van der Waals surface area contributed by atoms with E-state index in [0.717, 1.165) is 15.4 Å². The van der Waals surface area contributed by atoms with Crippen LogP contribution in [0.2, 0.25) is 10.0 Å². The lowest BCUT2D eigenvalue weighted by Gasteiger charge is -2.34. The molecule has 0 spiro atoms. The Balaban J connectivity index is 1.82. The fraction of sp³-hybridized carbons (Fsp3) is 0.257. The van der Waals surface area contributed by atoms with E-state index >= 15 is 0 Å². The Bertz CT molecular complexity index is 1700. The van der Waals surface area contributed by atoms with Crippen LogP contribution in [0.1, 0.15) is 37.0 Å². The van der Waals surface area contributed by atoms with Crippen LogP contribution in [0, 0.1) is 6.92 Å². The Morgan fingerprint density at radius 3 is 2.09 bits per heavy atom. The number of carbonyl (C=O) groups excluding carboxylic acids is 2. The maximum atomic E-state index is 14.5. The van der Waals surface area contributed by atoms with Crippen LogP contribution in [-0.4, -0.2) is 43.8 Å². The van der Waals surface area contributed by atoms with Crippen molar-refractivity contribution in [3.8, 4) is 0 Å². The van der Waals surface area contributed by atoms with E-state index in [0.29, 0.717) is 27.7 Å². The third-order valence-electron chi connectivity index (χ3n) is 7.56. The van der Waals surface area contributed by atoms with Crippen LogP contribution in [0.3, 0.4) is 0 Å². The molecule has 0 aliphatic rings. The van der Waals surface area contributed by atoms with Gasteiger partial charge in [-0.05, 0) is 67.8 Å². The lowest BCUT2D eigenvalue weighted by atomic mass is 10.0. The zero-order valence-corrected chi connectivity index (χ0v) is 27.8. The third kappa shape index (κ3) is 8.87. The summed E-state index contributed by atoms with van der Waals surface area (Å²) < 4.78 is 29.2. The number of nitrogens with one attached hydrogen (secondary N) is 1. The second-order valence-electron chi connectivity index (χ2n) is 10.9. The number of hydrogen-bond donors (Lipinski definition) is 1. The van der Waals surface area contributed by atoms with Gasteiger partial charge < -0.3 is 10.2 Å². The van der Waals surface area contributed by atoms with Gasteiger partial charge in [0.1, 0.15) is 12.6 Å². The second-order valence-corrected chi connectivity index (χ2v) is 13.6. The first kappa shape index (κ1) is 34.0. The highest BCUT2D eigenvalue weighted by Gasteiger charge is 2.35. The zero-order chi connectivity index (χ0) is 32.6. The molecule has 4 aromatic rings. The highest BCUT2D eigenvalue weighted by atomic mass is 35.5. The van der Waals surface area contributed by atoms with E-state index in [1.54, 1.807) is 60.7 Å². The van der Waals surface area contributed by atoms with Gasteiger partial charge in [0.05, 0.1) is 10.6 Å². The molecule has 2 amide bonds. The number of amides is 2. The molecule has 0 aliphatic heterocycles. The van der Waals surface area contributed by atoms with E-state index in [9.17, 15) is 18.0 Å². The fourth-order valence-electron chi connectivity index (χ4n) is 4.79. The van der Waals surface area contributed by atoms with Gasteiger partial charge in [-0.3, -0.25) is 13.9 Å². The number of nitrogens with zero attached hydrogens (tertiary/aromatic N) is 2. The molecule has 0 saturated heterocycles. The van der Waals surface area contributed by atoms with Crippen molar-refractivity contribution < 1.29 is 18.0 Å². The monoisotopic (exact) mass is 665 g/mol. The van der Waals surface area contributed by atoms with E-state index in [4.69, 9.17) is 23.2 Å². The summed E-state index contributed by atoms with van der Waals surface area (Å²) in [6.45, 7) is 5.15. The Hall–Kier alpha value is -3.85. The largest absolute Gasteiger partial charge is 0.352 e. The fourth-order valence-corrected chi connectivity index (χ4v) is 6.69. The molecule has 0 radical (unpaired) electrons. The summed E-state index contributed by atoms with van der Waals surface area (Å²) in [6.07, 6.45) is 0.896. The van der Waals surface area contributed by atoms with Crippen LogP contribution in [0.5, 0.6) is 0 Å². The number of hydrogen-bond acceptors (Lipinski definition) is 4. The molecular formula is C35H37Cl2N3O4S. The summed E-state index contributed by atoms with van der Waals surface area (Å²) in [4.78, 5) is 29.9. The van der Waals surface area contributed by atoms with Crippen molar-refractivity contribution in [1.29, 1.82) is 0 Å². The molecule has 0 aliphatic carbocycles. The first-order valence-corrected chi connectivity index (χ1v) is 16.9. The number of halogens is 2. The molecule has 4 rings (SSSR count). The van der Waals surface area contributed by atoms with Gasteiger partial charge in [0.15, 0.2) is 0 Å². The number of carbonyl (C=O) groups is 2. The molecule has 0 bridgehead atoms. The summed E-state index contributed by atoms with van der Waals surface area (Å²) in [6, 6.07) is 28.1. The molecule has 1 N–H and O–H groups in total. The smallest absolute Gasteiger partial charge is 0.264 e. The maximum absolute atomic E-state index is 14.5. The van der Waals surface area contributed by atoms with Gasteiger partial charge in [0.25, 0.3) is 10.0 Å². The topological polar surface area (TPSA) is 86.8 Å². The van der Waals surface area contributed by atoms with Crippen LogP contribution >= 0.6 is 23.2 Å². The van der Waals surface area contributed by atoms with Crippen molar-refractivity contribution in [3.63, 3.8) is 0 Å². The summed E-state index contributed by atoms with van der Waals surface area (Å²) in [5.74, 6) is -0.916. The number of anilines is 1. The maximum Gasteiger partial charge on any atom is 0.264 e. The predicted molar refractivity (Wildman–Crippen MR) is 181 cm³/mol. The lowest BCUT2D eigenvalue weighted by Crippen LogP contribution is -2.54. The van der Waals surface area contributed by atoms with Crippen LogP contribution in [-0.2, 0) is 32.6 Å². The average molecular weight is 667 g/mol. The van der Waals surface area contributed by atoms with Gasteiger partial charge in [0, 0.05) is 29.1 Å². The van der Waals surface area contributed by atoms with Crippen molar-refractivity contribution in [2.24, 2.45) is 0 Å². The van der Waals surface area contributed by atoms with Crippen LogP contribution in [0.4, 0.5) is 5.69 Å². The van der Waals surface area contributed by atoms with Gasteiger partial charge in [0.2, 0.25) is 11.8 Å². The Morgan fingerprint density at radius 1 is 0.867 bits per heavy atom. The lowest BCUT2D eigenvalue weighted by molar-refractivity contribution is -0.140. The molecule has 236 valence electrons. The zero-order valence-electron chi connectivity index (χ0n) is 25.5. The average Bonchev–Trinajstić information content (AvgIpc) is 3.03. The normalized spacial score (nSPS) is 12.6. The minimum Gasteiger partial charge on any atom is -0.352 e. The van der Waals surface area contributed by atoms with E-state index in [1.165, 1.54) is 17.0 Å². The predicted octanol–water partition coefficient (Wildman–Crippen LogP) is 7.05. The molecule has 0 unspecified atom stereocenters. The van der Waals surface area contributed by atoms with Crippen LogP contribution in [0.15, 0.2) is 108 Å². The van der Waals surface area contributed by atoms with E-state index in [-0.39, 0.29) is 29.8 Å². The molecule has 45 heavy (non-hydrogen) atoms. The Kier molecular flexibility index (Phi) is 11.7. The first-order valence-electron chi connectivity index (χ1n) is 14.7. The quantitative estimate of drug-likeness (QED) is 0.166. The molecular weight excluding hydrogens is 629 g/mol. The first-order chi connectivity index (χ1) is 21.5. The molecule has 0 aromatic heterocycles. The van der Waals surface area contributed by atoms with Crippen LogP contribution < -0.4 is 9.62 Å². The number of sulfonamides is 1. The Labute approximate surface area is 275 Å². The summed E-state index contributed by atoms with van der Waals surface area (Å²) in [7, 11) is -4.17. The van der Waals surface area contributed by atoms with Crippen molar-refractivity contribution in [2.75, 3.05) is 10.8 Å². The molecule has 0 heterocycles. The van der Waals surface area contributed by atoms with Gasteiger partial charge >= 0.3 is 0 Å². The number of rotatable bonds is 13. The summed E-state index contributed by atoms with van der Waals surface area (Å²) in [5.41, 5.74) is 2.67. The van der Waals surface area contributed by atoms with Gasteiger partial charge in [-0.1, -0.05) is 102 Å². The molecule has 2 atom stereocenters. The van der Waals surface area contributed by atoms with E-state index in [1.807, 2.05) is 51.1 Å². The van der Waals surface area contributed by atoms with E-state index < -0.39 is 28.5 Å². The molecule has 4 aromatic carbocycles. The van der Waals surface area contributed by atoms with Gasteiger partial charge in [-0.2, -0.15) is 0 Å². The molecule has 7 nitrogen and oxygen atoms in total.